The zero-order chi connectivity index (χ0) is 26.6. The van der Waals surface area contributed by atoms with Crippen molar-refractivity contribution in [3.05, 3.63) is 11.6 Å². The van der Waals surface area contributed by atoms with Gasteiger partial charge in [-0.05, 0) is 56.5 Å². The minimum atomic E-state index is -4.94. The van der Waals surface area contributed by atoms with Gasteiger partial charge in [-0.1, -0.05) is 122 Å². The van der Waals surface area contributed by atoms with Crippen molar-refractivity contribution in [1.82, 2.24) is 0 Å². The van der Waals surface area contributed by atoms with Gasteiger partial charge in [0.25, 0.3) is 0 Å². The average molecular weight is 539 g/mol. The van der Waals surface area contributed by atoms with Gasteiger partial charge in [-0.15, -0.1) is 10.2 Å². The Labute approximate surface area is 224 Å². The number of halogens is 1. The average Bonchev–Trinajstić information content (AvgIpc) is 2.78. The van der Waals surface area contributed by atoms with Crippen LogP contribution in [0.2, 0.25) is 0 Å². The molecule has 0 saturated heterocycles. The van der Waals surface area contributed by atoms with Crippen LogP contribution in [0.25, 0.3) is 0 Å². The lowest BCUT2D eigenvalue weighted by atomic mass is 10.1. The van der Waals surface area contributed by atoms with Crippen molar-refractivity contribution in [2.24, 2.45) is 0 Å². The van der Waals surface area contributed by atoms with E-state index >= 15 is 0 Å². The van der Waals surface area contributed by atoms with Crippen molar-refractivity contribution in [3.8, 4) is 0 Å². The molecular formula is C29H59ClO4S. The monoisotopic (exact) mass is 538 g/mol. The van der Waals surface area contributed by atoms with Gasteiger partial charge in [0.15, 0.2) is 0 Å². The van der Waals surface area contributed by atoms with E-state index < -0.39 is 10.2 Å². The smallest absolute Gasteiger partial charge is 0.126 e. The molecule has 212 valence electrons. The Balaban J connectivity index is 0. The molecule has 0 aliphatic rings. The predicted octanol–water partition coefficient (Wildman–Crippen LogP) is 5.66. The molecule has 0 aromatic carbocycles. The molecule has 0 spiro atoms. The molecule has 0 amide bonds. The highest BCUT2D eigenvalue weighted by Gasteiger charge is 2.15. The molecule has 0 saturated carbocycles. The van der Waals surface area contributed by atoms with Gasteiger partial charge in [0.2, 0.25) is 0 Å². The molecule has 35 heavy (non-hydrogen) atoms. The first-order chi connectivity index (χ1) is 16.7. The molecule has 0 rings (SSSR count). The summed E-state index contributed by atoms with van der Waals surface area (Å²) in [6.07, 6.45) is 31.7. The van der Waals surface area contributed by atoms with Gasteiger partial charge in [-0.3, -0.25) is 0 Å². The lowest BCUT2D eigenvalue weighted by Gasteiger charge is -2.17. The van der Waals surface area contributed by atoms with Crippen molar-refractivity contribution in [3.63, 3.8) is 0 Å². The number of hydrogen-bond donors (Lipinski definition) is 0. The molecule has 6 heteroatoms. The maximum Gasteiger partial charge on any atom is 0.126 e. The van der Waals surface area contributed by atoms with Gasteiger partial charge in [0.05, 0.1) is 0 Å². The maximum absolute atomic E-state index is 8.49. The van der Waals surface area contributed by atoms with E-state index in [1.807, 2.05) is 0 Å². The number of unbranched alkanes of at least 4 members (excludes halogenated alkanes) is 18. The van der Waals surface area contributed by atoms with E-state index in [2.05, 4.69) is 33.8 Å². The number of rotatable bonds is 24. The molecular weight excluding hydrogens is 480 g/mol. The largest absolute Gasteiger partial charge is 0.222 e. The molecule has 0 radical (unpaired) electrons. The van der Waals surface area contributed by atoms with E-state index in [4.69, 9.17) is 18.6 Å². The van der Waals surface area contributed by atoms with E-state index in [9.17, 15) is 0 Å². The summed E-state index contributed by atoms with van der Waals surface area (Å²) in [7, 11) is -4.29. The van der Waals surface area contributed by atoms with E-state index in [1.54, 1.807) is 0 Å². The Bertz CT molecular complexity index is 407. The fourth-order valence-electron chi connectivity index (χ4n) is 4.14. The van der Waals surface area contributed by atoms with E-state index in [0.717, 1.165) is 0 Å². The summed E-state index contributed by atoms with van der Waals surface area (Å²) in [5.41, 5.74) is 1.51. The third-order valence-corrected chi connectivity index (χ3v) is 8.67. The third kappa shape index (κ3) is 41.6. The topological polar surface area (TPSA) is 92.2 Å². The van der Waals surface area contributed by atoms with Crippen LogP contribution in [-0.4, -0.2) is 17.3 Å². The van der Waals surface area contributed by atoms with Crippen LogP contribution >= 0.6 is 0 Å². The van der Waals surface area contributed by atoms with Gasteiger partial charge in [-0.25, -0.2) is 18.6 Å². The lowest BCUT2D eigenvalue weighted by Crippen LogP contribution is -2.68. The maximum atomic E-state index is 8.49. The Hall–Kier alpha value is 0.220. The van der Waals surface area contributed by atoms with Crippen molar-refractivity contribution in [1.29, 1.82) is 0 Å². The molecule has 0 aromatic heterocycles. The Kier molecular flexibility index (Phi) is 30.7. The molecule has 0 N–H and O–H groups in total. The summed E-state index contributed by atoms with van der Waals surface area (Å²) in [4.78, 5) is 0. The normalized spacial score (nSPS) is 11.5. The first kappa shape index (κ1) is 37.4. The second kappa shape index (κ2) is 28.8. The van der Waals surface area contributed by atoms with Crippen LogP contribution in [0.5, 0.6) is 0 Å². The van der Waals surface area contributed by atoms with Crippen LogP contribution in [-0.2, 0) is 10.9 Å². The Morgan fingerprint density at radius 3 is 1.03 bits per heavy atom. The Morgan fingerprint density at radius 1 is 0.514 bits per heavy atom. The van der Waals surface area contributed by atoms with Crippen LogP contribution in [0.15, 0.2) is 11.6 Å². The lowest BCUT2D eigenvalue weighted by molar-refractivity contribution is -2.00. The van der Waals surface area contributed by atoms with Gasteiger partial charge in [0.1, 0.15) is 17.3 Å². The Morgan fingerprint density at radius 2 is 0.771 bits per heavy atom. The van der Waals surface area contributed by atoms with Crippen molar-refractivity contribution < 1.29 is 28.9 Å². The van der Waals surface area contributed by atoms with Crippen molar-refractivity contribution in [2.75, 3.05) is 17.3 Å². The molecule has 0 aromatic rings. The summed E-state index contributed by atoms with van der Waals surface area (Å²) < 4.78 is 34.0. The fourth-order valence-corrected chi connectivity index (χ4v) is 6.47. The van der Waals surface area contributed by atoms with Crippen LogP contribution in [0, 0.1) is 10.2 Å². The predicted molar refractivity (Wildman–Crippen MR) is 145 cm³/mol. The first-order valence-corrected chi connectivity index (χ1v) is 17.6. The van der Waals surface area contributed by atoms with E-state index in [0.29, 0.717) is 10.9 Å². The highest BCUT2D eigenvalue weighted by molar-refractivity contribution is 7.96. The van der Waals surface area contributed by atoms with Crippen molar-refractivity contribution >= 4 is 10.9 Å². The summed E-state index contributed by atoms with van der Waals surface area (Å²) in [5, 5.41) is 0. The molecule has 0 heterocycles. The minimum absolute atomic E-state index is 0.653. The van der Waals surface area contributed by atoms with E-state index in [-0.39, 0.29) is 0 Å². The zero-order valence-corrected chi connectivity index (χ0v) is 25.3. The van der Waals surface area contributed by atoms with Gasteiger partial charge >= 0.3 is 0 Å². The number of allylic oxidation sites excluding steroid dienone is 1. The summed E-state index contributed by atoms with van der Waals surface area (Å²) in [5.74, 6) is 4.35. The third-order valence-electron chi connectivity index (χ3n) is 6.30. The minimum Gasteiger partial charge on any atom is -0.222 e. The quantitative estimate of drug-likeness (QED) is 0.0900. The SMILES string of the molecule is CCCCCCCCCCCC[S+](CC=C(C)C)CCCCCCCCCCCC.[O-][Cl+3]([O-])([O-])[O-]. The zero-order valence-electron chi connectivity index (χ0n) is 23.8. The van der Waals surface area contributed by atoms with Crippen LogP contribution in [0.3, 0.4) is 0 Å². The van der Waals surface area contributed by atoms with Crippen molar-refractivity contribution in [2.45, 2.75) is 156 Å². The van der Waals surface area contributed by atoms with Gasteiger partial charge in [-0.2, -0.15) is 0 Å². The second-order valence-corrected chi connectivity index (χ2v) is 13.3. The van der Waals surface area contributed by atoms with Gasteiger partial charge < -0.3 is 0 Å². The highest BCUT2D eigenvalue weighted by atomic mass is 35.7. The summed E-state index contributed by atoms with van der Waals surface area (Å²) >= 11 is 0. The standard InChI is InChI=1S/C29H59S.ClHO4/c1-5-7-9-11-13-15-17-19-21-23-26-30(28-25-29(3)4)27-24-22-20-18-16-14-12-10-8-6-2;2-1(3,4)5/h25H,5-24,26-28H2,1-4H3;(H,2,3,4,5)/q+1;/p-1. The molecule has 4 nitrogen and oxygen atoms in total. The van der Waals surface area contributed by atoms with Crippen LogP contribution in [0.1, 0.15) is 156 Å². The summed E-state index contributed by atoms with van der Waals surface area (Å²) in [6.45, 7) is 9.15. The van der Waals surface area contributed by atoms with Crippen LogP contribution < -0.4 is 18.6 Å². The fraction of sp³-hybridized carbons (Fsp3) is 0.931. The second-order valence-electron chi connectivity index (χ2n) is 10.2. The summed E-state index contributed by atoms with van der Waals surface area (Å²) in [6, 6.07) is 0. The molecule has 0 aliphatic heterocycles. The van der Waals surface area contributed by atoms with E-state index in [1.165, 1.54) is 151 Å². The molecule has 0 unspecified atom stereocenters. The molecule has 0 aliphatic carbocycles. The highest BCUT2D eigenvalue weighted by Crippen LogP contribution is 2.15. The van der Waals surface area contributed by atoms with Crippen LogP contribution in [0.4, 0.5) is 0 Å². The first-order valence-electron chi connectivity index (χ1n) is 14.6. The molecule has 0 atom stereocenters. The molecule has 0 bridgehead atoms. The number of hydrogen-bond acceptors (Lipinski definition) is 4. The van der Waals surface area contributed by atoms with Gasteiger partial charge in [0, 0.05) is 0 Å². The molecule has 0 fully saturated rings.